The fourth-order valence-electron chi connectivity index (χ4n) is 1.31. The third kappa shape index (κ3) is 1.40. The number of hydrazine groups is 1. The number of nitrogens with two attached hydrogens (primary N) is 1. The second-order valence-electron chi connectivity index (χ2n) is 3.41. The maximum Gasteiger partial charge on any atom is 0.246 e. The van der Waals surface area contributed by atoms with Crippen molar-refractivity contribution in [2.45, 2.75) is 19.6 Å². The van der Waals surface area contributed by atoms with Gasteiger partial charge in [0.1, 0.15) is 0 Å². The van der Waals surface area contributed by atoms with Gasteiger partial charge < -0.3 is 14.9 Å². The molecule has 1 heterocycles. The van der Waals surface area contributed by atoms with Crippen LogP contribution in [0.1, 0.15) is 13.8 Å². The Kier molecular flexibility index (Phi) is 1.60. The molecular weight excluding hydrogens is 168 g/mol. The van der Waals surface area contributed by atoms with Crippen LogP contribution in [0.25, 0.3) is 0 Å². The second kappa shape index (κ2) is 2.53. The molecule has 1 aliphatic heterocycles. The van der Waals surface area contributed by atoms with Gasteiger partial charge in [0.15, 0.2) is 11.5 Å². The molecule has 0 aromatic heterocycles. The number of nitrogens with one attached hydrogen (secondary N) is 1. The summed E-state index contributed by atoms with van der Waals surface area (Å²) in [5.74, 6) is 6.17. The van der Waals surface area contributed by atoms with Crippen LogP contribution in [0.15, 0.2) is 18.2 Å². The molecule has 70 valence electrons. The van der Waals surface area contributed by atoms with Crippen LogP contribution in [-0.4, -0.2) is 5.79 Å². The van der Waals surface area contributed by atoms with E-state index in [1.54, 1.807) is 0 Å². The summed E-state index contributed by atoms with van der Waals surface area (Å²) in [7, 11) is 0. The minimum atomic E-state index is -0.574. The normalized spacial score (nSPS) is 17.2. The lowest BCUT2D eigenvalue weighted by Gasteiger charge is -2.16. The van der Waals surface area contributed by atoms with Crippen molar-refractivity contribution in [2.24, 2.45) is 5.84 Å². The molecule has 0 unspecified atom stereocenters. The van der Waals surface area contributed by atoms with Gasteiger partial charge in [-0.15, -0.1) is 0 Å². The highest BCUT2D eigenvalue weighted by Crippen LogP contribution is 2.40. The summed E-state index contributed by atoms with van der Waals surface area (Å²) in [6.45, 7) is 3.73. The largest absolute Gasteiger partial charge is 0.449 e. The minimum Gasteiger partial charge on any atom is -0.449 e. The molecule has 1 aromatic carbocycles. The standard InChI is InChI=1S/C9H12N2O2/c1-9(2)12-7-4-3-6(11-10)5-8(7)13-9/h3-5,11H,10H2,1-2H3. The molecule has 0 radical (unpaired) electrons. The van der Waals surface area contributed by atoms with Crippen molar-refractivity contribution in [3.63, 3.8) is 0 Å². The Bertz CT molecular complexity index is 336. The zero-order valence-electron chi connectivity index (χ0n) is 7.63. The number of anilines is 1. The predicted molar refractivity (Wildman–Crippen MR) is 49.6 cm³/mol. The fraction of sp³-hybridized carbons (Fsp3) is 0.333. The van der Waals surface area contributed by atoms with Gasteiger partial charge in [0.25, 0.3) is 0 Å². The Labute approximate surface area is 76.6 Å². The third-order valence-electron chi connectivity index (χ3n) is 1.82. The highest BCUT2D eigenvalue weighted by atomic mass is 16.7. The predicted octanol–water partition coefficient (Wildman–Crippen LogP) is 1.48. The molecule has 0 atom stereocenters. The summed E-state index contributed by atoms with van der Waals surface area (Å²) in [6.07, 6.45) is 0. The number of hydrogen-bond donors (Lipinski definition) is 2. The zero-order valence-corrected chi connectivity index (χ0v) is 7.63. The average molecular weight is 180 g/mol. The SMILES string of the molecule is CC1(C)Oc2ccc(NN)cc2O1. The first-order valence-electron chi connectivity index (χ1n) is 4.09. The molecule has 1 aromatic rings. The zero-order chi connectivity index (χ0) is 9.47. The Morgan fingerprint density at radius 1 is 1.23 bits per heavy atom. The van der Waals surface area contributed by atoms with Crippen LogP contribution in [-0.2, 0) is 0 Å². The van der Waals surface area contributed by atoms with Crippen molar-refractivity contribution in [3.8, 4) is 11.5 Å². The number of rotatable bonds is 1. The highest BCUT2D eigenvalue weighted by molar-refractivity contribution is 5.55. The van der Waals surface area contributed by atoms with Crippen molar-refractivity contribution >= 4 is 5.69 Å². The van der Waals surface area contributed by atoms with Gasteiger partial charge in [0.2, 0.25) is 5.79 Å². The van der Waals surface area contributed by atoms with E-state index in [1.165, 1.54) is 0 Å². The first-order chi connectivity index (χ1) is 6.11. The minimum absolute atomic E-state index is 0.574. The van der Waals surface area contributed by atoms with Gasteiger partial charge in [0, 0.05) is 19.9 Å². The quantitative estimate of drug-likeness (QED) is 0.507. The maximum atomic E-state index is 5.52. The summed E-state index contributed by atoms with van der Waals surface area (Å²) < 4.78 is 11.0. The number of benzene rings is 1. The van der Waals surface area contributed by atoms with Crippen molar-refractivity contribution in [3.05, 3.63) is 18.2 Å². The van der Waals surface area contributed by atoms with Crippen LogP contribution in [0.5, 0.6) is 11.5 Å². The summed E-state index contributed by atoms with van der Waals surface area (Å²) in [5, 5.41) is 0. The molecule has 13 heavy (non-hydrogen) atoms. The maximum absolute atomic E-state index is 5.52. The van der Waals surface area contributed by atoms with E-state index in [9.17, 15) is 0 Å². The molecule has 3 N–H and O–H groups in total. The van der Waals surface area contributed by atoms with Gasteiger partial charge in [-0.1, -0.05) is 0 Å². The highest BCUT2D eigenvalue weighted by Gasteiger charge is 2.31. The van der Waals surface area contributed by atoms with E-state index >= 15 is 0 Å². The van der Waals surface area contributed by atoms with Crippen LogP contribution in [0, 0.1) is 0 Å². The molecular formula is C9H12N2O2. The Balaban J connectivity index is 2.36. The monoisotopic (exact) mass is 180 g/mol. The fourth-order valence-corrected chi connectivity index (χ4v) is 1.31. The Hall–Kier alpha value is -1.42. The summed E-state index contributed by atoms with van der Waals surface area (Å²) in [5.41, 5.74) is 3.35. The molecule has 0 spiro atoms. The van der Waals surface area contributed by atoms with Gasteiger partial charge in [-0.2, -0.15) is 0 Å². The number of nitrogen functional groups attached to an aromatic ring is 1. The molecule has 0 amide bonds. The number of ether oxygens (including phenoxy) is 2. The number of fused-ring (bicyclic) bond motifs is 1. The lowest BCUT2D eigenvalue weighted by atomic mass is 10.3. The van der Waals surface area contributed by atoms with E-state index < -0.39 is 5.79 Å². The summed E-state index contributed by atoms with van der Waals surface area (Å²) in [6, 6.07) is 5.48. The topological polar surface area (TPSA) is 56.5 Å². The smallest absolute Gasteiger partial charge is 0.246 e. The van der Waals surface area contributed by atoms with Gasteiger partial charge in [-0.25, -0.2) is 0 Å². The van der Waals surface area contributed by atoms with E-state index in [2.05, 4.69) is 5.43 Å². The second-order valence-corrected chi connectivity index (χ2v) is 3.41. The van der Waals surface area contributed by atoms with Crippen LogP contribution < -0.4 is 20.7 Å². The lowest BCUT2D eigenvalue weighted by molar-refractivity contribution is -0.0431. The molecule has 0 saturated carbocycles. The molecule has 4 nitrogen and oxygen atoms in total. The van der Waals surface area contributed by atoms with Gasteiger partial charge >= 0.3 is 0 Å². The van der Waals surface area contributed by atoms with E-state index in [1.807, 2.05) is 32.0 Å². The lowest BCUT2D eigenvalue weighted by Crippen LogP contribution is -2.29. The third-order valence-corrected chi connectivity index (χ3v) is 1.82. The van der Waals surface area contributed by atoms with Crippen molar-refractivity contribution in [2.75, 3.05) is 5.43 Å². The molecule has 0 aliphatic carbocycles. The Morgan fingerprint density at radius 3 is 2.62 bits per heavy atom. The van der Waals surface area contributed by atoms with Crippen LogP contribution in [0.4, 0.5) is 5.69 Å². The summed E-state index contributed by atoms with van der Waals surface area (Å²) in [4.78, 5) is 0. The first-order valence-corrected chi connectivity index (χ1v) is 4.09. The van der Waals surface area contributed by atoms with Gasteiger partial charge in [-0.05, 0) is 12.1 Å². The molecule has 2 rings (SSSR count). The van der Waals surface area contributed by atoms with Crippen molar-refractivity contribution in [1.82, 2.24) is 0 Å². The van der Waals surface area contributed by atoms with Crippen LogP contribution >= 0.6 is 0 Å². The van der Waals surface area contributed by atoms with E-state index in [0.717, 1.165) is 17.2 Å². The van der Waals surface area contributed by atoms with E-state index in [0.29, 0.717) is 0 Å². The van der Waals surface area contributed by atoms with Crippen LogP contribution in [0.3, 0.4) is 0 Å². The van der Waals surface area contributed by atoms with E-state index in [4.69, 9.17) is 15.3 Å². The molecule has 0 fully saturated rings. The molecule has 0 saturated heterocycles. The van der Waals surface area contributed by atoms with Gasteiger partial charge in [-0.3, -0.25) is 5.84 Å². The van der Waals surface area contributed by atoms with Gasteiger partial charge in [0.05, 0.1) is 5.69 Å². The van der Waals surface area contributed by atoms with E-state index in [-0.39, 0.29) is 0 Å². The summed E-state index contributed by atoms with van der Waals surface area (Å²) >= 11 is 0. The number of hydrogen-bond acceptors (Lipinski definition) is 4. The van der Waals surface area contributed by atoms with Crippen molar-refractivity contribution in [1.29, 1.82) is 0 Å². The molecule has 4 heteroatoms. The first kappa shape index (κ1) is 8.19. The molecule has 1 aliphatic rings. The van der Waals surface area contributed by atoms with Crippen LogP contribution in [0.2, 0.25) is 0 Å². The van der Waals surface area contributed by atoms with Crippen molar-refractivity contribution < 1.29 is 9.47 Å². The average Bonchev–Trinajstić information content (AvgIpc) is 2.36. The Morgan fingerprint density at radius 2 is 1.92 bits per heavy atom. The molecule has 0 bridgehead atoms.